The maximum Gasteiger partial charge on any atom is 0.264 e. The molecule has 2 nitrogen and oxygen atoms in total. The molecule has 0 N–H and O–H groups in total. The predicted molar refractivity (Wildman–Crippen MR) is 217 cm³/mol. The summed E-state index contributed by atoms with van der Waals surface area (Å²) < 4.78 is 2.76. The van der Waals surface area contributed by atoms with Crippen molar-refractivity contribution in [2.24, 2.45) is 0 Å². The third kappa shape index (κ3) is 5.14. The Hall–Kier alpha value is -4.28. The first-order valence-electron chi connectivity index (χ1n) is 17.7. The molecule has 0 amide bonds. The van der Waals surface area contributed by atoms with Crippen LogP contribution in [0.5, 0.6) is 0 Å². The number of benzene rings is 5. The molecule has 6 aromatic rings. The molecule has 0 spiro atoms. The molecule has 5 aromatic carbocycles. The van der Waals surface area contributed by atoms with E-state index in [0.717, 1.165) is 0 Å². The summed E-state index contributed by atoms with van der Waals surface area (Å²) in [6, 6.07) is 39.7. The Morgan fingerprint density at radius 2 is 1.04 bits per heavy atom. The lowest BCUT2D eigenvalue weighted by Crippen LogP contribution is -2.60. The first kappa shape index (κ1) is 32.0. The summed E-state index contributed by atoms with van der Waals surface area (Å²) >= 11 is 1.97. The molecular weight excluding hydrogens is 611 g/mol. The minimum Gasteiger partial charge on any atom is -0.311 e. The van der Waals surface area contributed by atoms with E-state index in [2.05, 4.69) is 182 Å². The summed E-state index contributed by atoms with van der Waals surface area (Å²) in [5, 5.41) is 1.32. The monoisotopic (exact) mass is 658 g/mol. The quantitative estimate of drug-likeness (QED) is 0.171. The Balaban J connectivity index is 1.46. The highest BCUT2D eigenvalue weighted by Gasteiger charge is 2.45. The van der Waals surface area contributed by atoms with Gasteiger partial charge in [0.1, 0.15) is 0 Å². The zero-order valence-corrected chi connectivity index (χ0v) is 31.5. The van der Waals surface area contributed by atoms with Crippen molar-refractivity contribution in [1.82, 2.24) is 0 Å². The molecule has 49 heavy (non-hydrogen) atoms. The van der Waals surface area contributed by atoms with Gasteiger partial charge in [-0.1, -0.05) is 117 Å². The van der Waals surface area contributed by atoms with E-state index in [9.17, 15) is 0 Å². The van der Waals surface area contributed by atoms with E-state index >= 15 is 0 Å². The molecule has 0 saturated heterocycles. The highest BCUT2D eigenvalue weighted by atomic mass is 32.1. The van der Waals surface area contributed by atoms with Crippen LogP contribution in [0, 0.1) is 6.92 Å². The minimum absolute atomic E-state index is 0.0308. The van der Waals surface area contributed by atoms with Crippen LogP contribution in [0.1, 0.15) is 84.6 Å². The molecule has 2 aliphatic rings. The predicted octanol–water partition coefficient (Wildman–Crippen LogP) is 11.2. The lowest BCUT2D eigenvalue weighted by molar-refractivity contribution is 0.590. The van der Waals surface area contributed by atoms with Gasteiger partial charge < -0.3 is 9.80 Å². The Kier molecular flexibility index (Phi) is 7.08. The molecule has 2 aliphatic heterocycles. The topological polar surface area (TPSA) is 6.48 Å². The van der Waals surface area contributed by atoms with Crippen LogP contribution in [0.3, 0.4) is 0 Å². The fourth-order valence-electron chi connectivity index (χ4n) is 7.80. The fourth-order valence-corrected chi connectivity index (χ4v) is 9.12. The molecule has 246 valence electrons. The fraction of sp³-hybridized carbons (Fsp3) is 0.289. The van der Waals surface area contributed by atoms with Gasteiger partial charge in [-0.2, -0.15) is 0 Å². The van der Waals surface area contributed by atoms with Gasteiger partial charge in [0.2, 0.25) is 0 Å². The van der Waals surface area contributed by atoms with Gasteiger partial charge in [0.05, 0.1) is 5.69 Å². The van der Waals surface area contributed by atoms with E-state index in [0.29, 0.717) is 0 Å². The number of anilines is 6. The van der Waals surface area contributed by atoms with Crippen LogP contribution in [-0.4, -0.2) is 6.71 Å². The number of fused-ring (bicyclic) bond motifs is 6. The summed E-state index contributed by atoms with van der Waals surface area (Å²) in [5.74, 6) is 0. The smallest absolute Gasteiger partial charge is 0.264 e. The van der Waals surface area contributed by atoms with E-state index in [-0.39, 0.29) is 23.0 Å². The Morgan fingerprint density at radius 1 is 0.531 bits per heavy atom. The summed E-state index contributed by atoms with van der Waals surface area (Å²) in [7, 11) is 0. The zero-order valence-electron chi connectivity index (χ0n) is 30.7. The summed E-state index contributed by atoms with van der Waals surface area (Å²) in [5.41, 5.74) is 15.9. The summed E-state index contributed by atoms with van der Waals surface area (Å²) in [6.45, 7) is 23.1. The first-order chi connectivity index (χ1) is 23.1. The summed E-state index contributed by atoms with van der Waals surface area (Å²) in [4.78, 5) is 5.11. The molecule has 4 heteroatoms. The second-order valence-electron chi connectivity index (χ2n) is 17.2. The van der Waals surface area contributed by atoms with E-state index in [1.165, 1.54) is 82.2 Å². The van der Waals surface area contributed by atoms with Gasteiger partial charge in [0, 0.05) is 43.3 Å². The number of nitrogens with zero attached hydrogens (tertiary/aromatic N) is 2. The zero-order chi connectivity index (χ0) is 34.6. The molecule has 0 aliphatic carbocycles. The number of thiophene rings is 1. The van der Waals surface area contributed by atoms with Crippen molar-refractivity contribution in [2.45, 2.75) is 85.5 Å². The van der Waals surface area contributed by atoms with Gasteiger partial charge >= 0.3 is 0 Å². The average Bonchev–Trinajstić information content (AvgIpc) is 3.42. The minimum atomic E-state index is 0.0308. The first-order valence-corrected chi connectivity index (χ1v) is 18.5. The van der Waals surface area contributed by atoms with Crippen LogP contribution < -0.4 is 25.5 Å². The van der Waals surface area contributed by atoms with Crippen LogP contribution in [0.15, 0.2) is 103 Å². The molecule has 0 bridgehead atoms. The Bertz CT molecular complexity index is 2240. The lowest BCUT2D eigenvalue weighted by atomic mass is 9.36. The van der Waals surface area contributed by atoms with Crippen molar-refractivity contribution in [3.05, 3.63) is 125 Å². The SMILES string of the molecule is Cc1cc2c3c(c1)N(c1ccc(C(C)(C)C)cc1)c1c(sc4ccccc14)B3c1cc(C(C)(C)C)ccc1N2c1ccc(C(C)(C)C)cc1. The second kappa shape index (κ2) is 10.9. The van der Waals surface area contributed by atoms with Crippen molar-refractivity contribution in [2.75, 3.05) is 9.80 Å². The Morgan fingerprint density at radius 3 is 1.61 bits per heavy atom. The maximum atomic E-state index is 2.57. The number of rotatable bonds is 2. The lowest BCUT2D eigenvalue weighted by Gasteiger charge is -2.44. The molecule has 0 unspecified atom stereocenters. The maximum absolute atomic E-state index is 2.57. The molecule has 0 radical (unpaired) electrons. The van der Waals surface area contributed by atoms with Crippen molar-refractivity contribution in [1.29, 1.82) is 0 Å². The number of aryl methyl sites for hydroxylation is 1. The molecule has 3 heterocycles. The molecule has 1 aromatic heterocycles. The highest BCUT2D eigenvalue weighted by molar-refractivity contribution is 7.33. The third-order valence-electron chi connectivity index (χ3n) is 10.6. The molecule has 8 rings (SSSR count). The van der Waals surface area contributed by atoms with E-state index in [1.54, 1.807) is 0 Å². The van der Waals surface area contributed by atoms with Crippen molar-refractivity contribution >= 4 is 78.0 Å². The standard InChI is InChI=1S/C45H47BN2S/c1-28-25-37-40-38(26-28)48(33-22-17-30(18-23-33)44(5,6)7)41-34-13-11-12-14-39(34)49-42(41)46(40)35-27-31(45(8,9)10)19-24-36(35)47(37)32-20-15-29(16-21-32)43(2,3)4/h11-27H,1-10H3. The number of hydrogen-bond donors (Lipinski definition) is 0. The second-order valence-corrected chi connectivity index (χ2v) is 18.3. The van der Waals surface area contributed by atoms with Gasteiger partial charge in [-0.05, 0) is 105 Å². The van der Waals surface area contributed by atoms with Gasteiger partial charge in [-0.15, -0.1) is 11.3 Å². The van der Waals surface area contributed by atoms with Crippen LogP contribution in [0.4, 0.5) is 34.1 Å². The third-order valence-corrected chi connectivity index (χ3v) is 11.8. The van der Waals surface area contributed by atoms with E-state index in [1.807, 2.05) is 11.3 Å². The summed E-state index contributed by atoms with van der Waals surface area (Å²) in [6.07, 6.45) is 0. The molecule has 0 atom stereocenters. The molecule has 0 fully saturated rings. The van der Waals surface area contributed by atoms with Gasteiger partial charge in [-0.25, -0.2) is 0 Å². The van der Waals surface area contributed by atoms with Gasteiger partial charge in [0.25, 0.3) is 6.71 Å². The molecular formula is C45H47BN2S. The van der Waals surface area contributed by atoms with Crippen LogP contribution in [0.25, 0.3) is 10.1 Å². The average molecular weight is 659 g/mol. The normalized spacial score (nSPS) is 14.2. The largest absolute Gasteiger partial charge is 0.311 e. The van der Waals surface area contributed by atoms with Crippen LogP contribution in [0.2, 0.25) is 0 Å². The number of hydrogen-bond acceptors (Lipinski definition) is 3. The van der Waals surface area contributed by atoms with E-state index < -0.39 is 0 Å². The van der Waals surface area contributed by atoms with Crippen molar-refractivity contribution in [3.63, 3.8) is 0 Å². The van der Waals surface area contributed by atoms with E-state index in [4.69, 9.17) is 0 Å². The van der Waals surface area contributed by atoms with Crippen molar-refractivity contribution in [3.8, 4) is 0 Å². The highest BCUT2D eigenvalue weighted by Crippen LogP contribution is 2.48. The van der Waals surface area contributed by atoms with Crippen molar-refractivity contribution < 1.29 is 0 Å². The van der Waals surface area contributed by atoms with Gasteiger partial charge in [0.15, 0.2) is 0 Å². The van der Waals surface area contributed by atoms with Gasteiger partial charge in [-0.3, -0.25) is 0 Å². The van der Waals surface area contributed by atoms with Crippen LogP contribution in [-0.2, 0) is 16.2 Å². The van der Waals surface area contributed by atoms with Crippen LogP contribution >= 0.6 is 11.3 Å². The molecule has 0 saturated carbocycles. The Labute approximate surface area is 297 Å².